The van der Waals surface area contributed by atoms with Crippen LogP contribution < -0.4 is 0 Å². The Balaban J connectivity index is 1.61. The predicted molar refractivity (Wildman–Crippen MR) is 96.6 cm³/mol. The maximum absolute atomic E-state index is 12.0. The van der Waals surface area contributed by atoms with Crippen molar-refractivity contribution in [3.8, 4) is 11.5 Å². The van der Waals surface area contributed by atoms with Gasteiger partial charge in [-0.25, -0.2) is 8.42 Å². The van der Waals surface area contributed by atoms with Gasteiger partial charge in [-0.2, -0.15) is 5.10 Å². The SMILES string of the molecule is CC(C)(C)S(=O)(=O)CCCCCCCc1cc(-c2ccco2)n[nH]1. The van der Waals surface area contributed by atoms with Crippen molar-refractivity contribution in [3.05, 3.63) is 30.2 Å². The molecule has 0 amide bonds. The van der Waals surface area contributed by atoms with Crippen LogP contribution in [-0.4, -0.2) is 29.1 Å². The molecule has 0 saturated carbocycles. The molecule has 0 aliphatic rings. The van der Waals surface area contributed by atoms with Crippen molar-refractivity contribution >= 4 is 9.84 Å². The van der Waals surface area contributed by atoms with Gasteiger partial charge in [0.15, 0.2) is 15.6 Å². The van der Waals surface area contributed by atoms with Crippen LogP contribution >= 0.6 is 0 Å². The number of hydrogen-bond acceptors (Lipinski definition) is 4. The molecule has 2 aromatic heterocycles. The van der Waals surface area contributed by atoms with Crippen molar-refractivity contribution in [3.63, 3.8) is 0 Å². The fourth-order valence-electron chi connectivity index (χ4n) is 2.48. The zero-order chi connectivity index (χ0) is 17.6. The van der Waals surface area contributed by atoms with Crippen LogP contribution in [0.1, 0.15) is 58.6 Å². The van der Waals surface area contributed by atoms with Gasteiger partial charge in [-0.3, -0.25) is 5.10 Å². The van der Waals surface area contributed by atoms with Gasteiger partial charge in [0, 0.05) is 5.69 Å². The van der Waals surface area contributed by atoms with Gasteiger partial charge in [0.25, 0.3) is 0 Å². The van der Waals surface area contributed by atoms with Crippen molar-refractivity contribution in [2.24, 2.45) is 0 Å². The van der Waals surface area contributed by atoms with Crippen LogP contribution in [0, 0.1) is 0 Å². The van der Waals surface area contributed by atoms with Crippen LogP contribution in [0.5, 0.6) is 0 Å². The standard InChI is InChI=1S/C18H28N2O3S/c1-18(2,3)24(21,22)13-8-6-4-5-7-10-15-14-16(20-19-15)17-11-9-12-23-17/h9,11-12,14H,4-8,10,13H2,1-3H3,(H,19,20). The second-order valence-corrected chi connectivity index (χ2v) is 10.1. The minimum atomic E-state index is -2.97. The molecule has 134 valence electrons. The number of unbranched alkanes of at least 4 members (excludes halogenated alkanes) is 4. The Bertz CT molecular complexity index is 710. The molecule has 0 unspecified atom stereocenters. The monoisotopic (exact) mass is 352 g/mol. The first-order valence-corrected chi connectivity index (χ1v) is 10.3. The fourth-order valence-corrected chi connectivity index (χ4v) is 3.68. The van der Waals surface area contributed by atoms with E-state index in [0.717, 1.165) is 55.7 Å². The van der Waals surface area contributed by atoms with Crippen molar-refractivity contribution in [1.29, 1.82) is 0 Å². The number of rotatable bonds is 9. The minimum absolute atomic E-state index is 0.295. The van der Waals surface area contributed by atoms with Gasteiger partial charge in [-0.1, -0.05) is 19.3 Å². The summed E-state index contributed by atoms with van der Waals surface area (Å²) in [5.41, 5.74) is 1.94. The van der Waals surface area contributed by atoms with Crippen molar-refractivity contribution < 1.29 is 12.8 Å². The highest BCUT2D eigenvalue weighted by molar-refractivity contribution is 7.92. The lowest BCUT2D eigenvalue weighted by Crippen LogP contribution is -2.30. The van der Waals surface area contributed by atoms with E-state index in [2.05, 4.69) is 10.2 Å². The van der Waals surface area contributed by atoms with Gasteiger partial charge in [0.1, 0.15) is 5.69 Å². The number of nitrogens with one attached hydrogen (secondary N) is 1. The highest BCUT2D eigenvalue weighted by Gasteiger charge is 2.27. The van der Waals surface area contributed by atoms with E-state index in [1.807, 2.05) is 18.2 Å². The third-order valence-corrected chi connectivity index (χ3v) is 6.89. The van der Waals surface area contributed by atoms with Crippen LogP contribution in [0.25, 0.3) is 11.5 Å². The molecule has 0 radical (unpaired) electrons. The lowest BCUT2D eigenvalue weighted by molar-refractivity contribution is 0.552. The first kappa shape index (κ1) is 18.8. The molecule has 2 rings (SSSR count). The second kappa shape index (κ2) is 8.01. The molecule has 24 heavy (non-hydrogen) atoms. The molecule has 0 aliphatic heterocycles. The fraction of sp³-hybridized carbons (Fsp3) is 0.611. The first-order chi connectivity index (χ1) is 11.3. The third kappa shape index (κ3) is 5.23. The minimum Gasteiger partial charge on any atom is -0.463 e. The Morgan fingerprint density at radius 2 is 1.83 bits per heavy atom. The highest BCUT2D eigenvalue weighted by atomic mass is 32.2. The summed E-state index contributed by atoms with van der Waals surface area (Å²) in [5, 5.41) is 7.29. The zero-order valence-electron chi connectivity index (χ0n) is 14.8. The molecule has 2 aromatic rings. The van der Waals surface area contributed by atoms with Gasteiger partial charge in [-0.15, -0.1) is 0 Å². The van der Waals surface area contributed by atoms with Gasteiger partial charge >= 0.3 is 0 Å². The molecule has 1 N–H and O–H groups in total. The van der Waals surface area contributed by atoms with Crippen LogP contribution in [0.15, 0.2) is 28.9 Å². The van der Waals surface area contributed by atoms with E-state index < -0.39 is 14.6 Å². The first-order valence-electron chi connectivity index (χ1n) is 8.60. The van der Waals surface area contributed by atoms with Crippen LogP contribution in [0.3, 0.4) is 0 Å². The maximum Gasteiger partial charge on any atom is 0.155 e. The smallest absolute Gasteiger partial charge is 0.155 e. The Morgan fingerprint density at radius 1 is 1.12 bits per heavy atom. The van der Waals surface area contributed by atoms with E-state index in [9.17, 15) is 8.42 Å². The molecule has 0 saturated heterocycles. The van der Waals surface area contributed by atoms with Crippen LogP contribution in [-0.2, 0) is 16.3 Å². The molecule has 0 bridgehead atoms. The average Bonchev–Trinajstić information content (AvgIpc) is 3.16. The summed E-state index contributed by atoms with van der Waals surface area (Å²) in [6, 6.07) is 5.77. The van der Waals surface area contributed by atoms with Gasteiger partial charge in [-0.05, 0) is 58.2 Å². The van der Waals surface area contributed by atoms with E-state index in [4.69, 9.17) is 4.42 Å². The molecule has 2 heterocycles. The maximum atomic E-state index is 12.0. The summed E-state index contributed by atoms with van der Waals surface area (Å²) in [7, 11) is -2.97. The largest absolute Gasteiger partial charge is 0.463 e. The summed E-state index contributed by atoms with van der Waals surface area (Å²) < 4.78 is 28.7. The van der Waals surface area contributed by atoms with E-state index in [1.54, 1.807) is 27.0 Å². The molecule has 0 spiro atoms. The van der Waals surface area contributed by atoms with E-state index in [1.165, 1.54) is 0 Å². The van der Waals surface area contributed by atoms with E-state index in [0.29, 0.717) is 5.75 Å². The van der Waals surface area contributed by atoms with E-state index in [-0.39, 0.29) is 0 Å². The number of nitrogens with zero attached hydrogens (tertiary/aromatic N) is 1. The summed E-state index contributed by atoms with van der Waals surface area (Å²) in [4.78, 5) is 0. The number of sulfone groups is 1. The Hall–Kier alpha value is -1.56. The number of hydrogen-bond donors (Lipinski definition) is 1. The zero-order valence-corrected chi connectivity index (χ0v) is 15.7. The summed E-state index contributed by atoms with van der Waals surface area (Å²) in [5.74, 6) is 1.07. The molecule has 5 nitrogen and oxygen atoms in total. The quantitative estimate of drug-likeness (QED) is 0.680. The number of aromatic nitrogens is 2. The average molecular weight is 352 g/mol. The third-order valence-electron chi connectivity index (χ3n) is 4.20. The highest BCUT2D eigenvalue weighted by Crippen LogP contribution is 2.20. The molecule has 6 heteroatoms. The second-order valence-electron chi connectivity index (χ2n) is 7.20. The summed E-state index contributed by atoms with van der Waals surface area (Å²) >= 11 is 0. The number of aromatic amines is 1. The lowest BCUT2D eigenvalue weighted by atomic mass is 10.1. The van der Waals surface area contributed by atoms with Gasteiger partial charge in [0.05, 0.1) is 16.8 Å². The Kier molecular flexibility index (Phi) is 6.27. The Labute approximate surface area is 144 Å². The van der Waals surface area contributed by atoms with E-state index >= 15 is 0 Å². The van der Waals surface area contributed by atoms with Crippen LogP contribution in [0.2, 0.25) is 0 Å². The molecule has 0 aromatic carbocycles. The molecule has 0 aliphatic carbocycles. The van der Waals surface area contributed by atoms with Crippen molar-refractivity contribution in [2.45, 2.75) is 64.0 Å². The number of furan rings is 1. The van der Waals surface area contributed by atoms with Gasteiger partial charge in [0.2, 0.25) is 0 Å². The van der Waals surface area contributed by atoms with Crippen molar-refractivity contribution in [1.82, 2.24) is 10.2 Å². The van der Waals surface area contributed by atoms with Crippen molar-refractivity contribution in [2.75, 3.05) is 5.75 Å². The lowest BCUT2D eigenvalue weighted by Gasteiger charge is -2.18. The molecular weight excluding hydrogens is 324 g/mol. The Morgan fingerprint density at radius 3 is 2.50 bits per heavy atom. The molecule has 0 fully saturated rings. The summed E-state index contributed by atoms with van der Waals surface area (Å²) in [6.45, 7) is 5.30. The predicted octanol–water partition coefficient (Wildman–Crippen LogP) is 4.38. The normalized spacial score (nSPS) is 12.6. The summed E-state index contributed by atoms with van der Waals surface area (Å²) in [6.07, 6.45) is 7.56. The van der Waals surface area contributed by atoms with Gasteiger partial charge < -0.3 is 4.42 Å². The molecule has 0 atom stereocenters. The number of H-pyrrole nitrogens is 1. The van der Waals surface area contributed by atoms with Crippen LogP contribution in [0.4, 0.5) is 0 Å². The number of aryl methyl sites for hydroxylation is 1. The topological polar surface area (TPSA) is 76.0 Å². The molecular formula is C18H28N2O3S.